The number of hydrazone groups is 1. The van der Waals surface area contributed by atoms with Crippen molar-refractivity contribution in [3.8, 4) is 17.2 Å². The van der Waals surface area contributed by atoms with Gasteiger partial charge in [-0.2, -0.15) is 5.10 Å². The molecule has 1 heterocycles. The monoisotopic (exact) mass is 353 g/mol. The summed E-state index contributed by atoms with van der Waals surface area (Å²) in [5.74, 6) is 1.67. The zero-order valence-electron chi connectivity index (χ0n) is 14.1. The molecule has 1 saturated heterocycles. The van der Waals surface area contributed by atoms with Crippen LogP contribution in [0.3, 0.4) is 0 Å². The standard InChI is InChI=1S/C16H23N3O4S/c1-20-13-7-11(8-14(21-2)15(13)22-3)9-18-19-16(24)17-10-12-5-4-6-23-12/h7-9,12H,4-6,10H2,1-3H3,(H2,17,19,24)/t12-/m1/s1. The van der Waals surface area contributed by atoms with Gasteiger partial charge < -0.3 is 24.3 Å². The summed E-state index contributed by atoms with van der Waals surface area (Å²) in [6, 6.07) is 3.60. The van der Waals surface area contributed by atoms with Crippen molar-refractivity contribution in [2.75, 3.05) is 34.5 Å². The summed E-state index contributed by atoms with van der Waals surface area (Å²) in [7, 11) is 4.70. The zero-order valence-corrected chi connectivity index (χ0v) is 14.9. The maximum Gasteiger partial charge on any atom is 0.203 e. The fourth-order valence-corrected chi connectivity index (χ4v) is 2.53. The minimum Gasteiger partial charge on any atom is -0.493 e. The van der Waals surface area contributed by atoms with E-state index in [1.54, 1.807) is 39.7 Å². The highest BCUT2D eigenvalue weighted by Crippen LogP contribution is 2.37. The predicted molar refractivity (Wildman–Crippen MR) is 96.4 cm³/mol. The Morgan fingerprint density at radius 2 is 2.00 bits per heavy atom. The van der Waals surface area contributed by atoms with Gasteiger partial charge in [0.2, 0.25) is 5.75 Å². The van der Waals surface area contributed by atoms with E-state index in [1.807, 2.05) is 0 Å². The topological polar surface area (TPSA) is 73.3 Å². The third-order valence-electron chi connectivity index (χ3n) is 3.58. The van der Waals surface area contributed by atoms with Gasteiger partial charge in [-0.25, -0.2) is 0 Å². The van der Waals surface area contributed by atoms with Crippen LogP contribution in [0.15, 0.2) is 17.2 Å². The number of ether oxygens (including phenoxy) is 4. The Morgan fingerprint density at radius 3 is 2.54 bits per heavy atom. The van der Waals surface area contributed by atoms with E-state index in [9.17, 15) is 0 Å². The minimum absolute atomic E-state index is 0.226. The lowest BCUT2D eigenvalue weighted by molar-refractivity contribution is 0.114. The van der Waals surface area contributed by atoms with Gasteiger partial charge in [-0.15, -0.1) is 0 Å². The SMILES string of the molecule is COc1cc(C=NNC(=S)NC[C@H]2CCCO2)cc(OC)c1OC. The first-order valence-electron chi connectivity index (χ1n) is 7.66. The molecule has 0 aromatic heterocycles. The van der Waals surface area contributed by atoms with Crippen molar-refractivity contribution in [3.05, 3.63) is 17.7 Å². The molecular weight excluding hydrogens is 330 g/mol. The van der Waals surface area contributed by atoms with Crippen molar-refractivity contribution in [1.82, 2.24) is 10.7 Å². The molecule has 0 saturated carbocycles. The first-order chi connectivity index (χ1) is 11.7. The van der Waals surface area contributed by atoms with E-state index in [0.717, 1.165) is 25.0 Å². The van der Waals surface area contributed by atoms with E-state index in [4.69, 9.17) is 31.2 Å². The summed E-state index contributed by atoms with van der Waals surface area (Å²) >= 11 is 5.18. The first kappa shape index (κ1) is 18.3. The molecule has 132 valence electrons. The van der Waals surface area contributed by atoms with Crippen LogP contribution in [-0.4, -0.2) is 51.9 Å². The van der Waals surface area contributed by atoms with E-state index < -0.39 is 0 Å². The van der Waals surface area contributed by atoms with Crippen LogP contribution in [0.5, 0.6) is 17.2 Å². The number of hydrogen-bond donors (Lipinski definition) is 2. The summed E-state index contributed by atoms with van der Waals surface area (Å²) in [5.41, 5.74) is 3.57. The molecule has 0 radical (unpaired) electrons. The molecule has 7 nitrogen and oxygen atoms in total. The summed E-state index contributed by atoms with van der Waals surface area (Å²) in [6.45, 7) is 1.51. The molecule has 0 amide bonds. The number of hydrogen-bond acceptors (Lipinski definition) is 6. The molecule has 1 aliphatic rings. The van der Waals surface area contributed by atoms with Gasteiger partial charge in [0.15, 0.2) is 16.6 Å². The maximum absolute atomic E-state index is 5.52. The van der Waals surface area contributed by atoms with Gasteiger partial charge >= 0.3 is 0 Å². The maximum atomic E-state index is 5.52. The average molecular weight is 353 g/mol. The molecule has 1 atom stereocenters. The van der Waals surface area contributed by atoms with Crippen molar-refractivity contribution in [2.24, 2.45) is 5.10 Å². The van der Waals surface area contributed by atoms with Crippen LogP contribution in [0.4, 0.5) is 0 Å². The second kappa shape index (κ2) is 9.29. The first-order valence-corrected chi connectivity index (χ1v) is 8.07. The molecule has 2 N–H and O–H groups in total. The number of rotatable bonds is 7. The minimum atomic E-state index is 0.226. The largest absolute Gasteiger partial charge is 0.493 e. The van der Waals surface area contributed by atoms with Gasteiger partial charge in [-0.3, -0.25) is 5.43 Å². The molecule has 24 heavy (non-hydrogen) atoms. The lowest BCUT2D eigenvalue weighted by atomic mass is 10.2. The molecule has 0 spiro atoms. The molecule has 1 aromatic carbocycles. The number of nitrogens with zero attached hydrogens (tertiary/aromatic N) is 1. The van der Waals surface area contributed by atoms with Gasteiger partial charge in [-0.1, -0.05) is 0 Å². The van der Waals surface area contributed by atoms with Crippen LogP contribution in [0, 0.1) is 0 Å². The Hall–Kier alpha value is -2.06. The number of thiocarbonyl (C=S) groups is 1. The molecule has 2 rings (SSSR count). The van der Waals surface area contributed by atoms with Gasteiger partial charge in [0.25, 0.3) is 0 Å². The Morgan fingerprint density at radius 1 is 1.29 bits per heavy atom. The Bertz CT molecular complexity index is 564. The normalized spacial score (nSPS) is 16.9. The Labute approximate surface area is 147 Å². The van der Waals surface area contributed by atoms with Crippen molar-refractivity contribution in [2.45, 2.75) is 18.9 Å². The quantitative estimate of drug-likeness (QED) is 0.439. The van der Waals surface area contributed by atoms with Crippen molar-refractivity contribution < 1.29 is 18.9 Å². The van der Waals surface area contributed by atoms with E-state index in [2.05, 4.69) is 15.8 Å². The molecule has 0 aliphatic carbocycles. The molecule has 1 aromatic rings. The third kappa shape index (κ3) is 4.97. The Balaban J connectivity index is 1.91. The predicted octanol–water partition coefficient (Wildman–Crippen LogP) is 1.69. The smallest absolute Gasteiger partial charge is 0.203 e. The Kier molecular flexibility index (Phi) is 7.07. The molecule has 1 fully saturated rings. The highest BCUT2D eigenvalue weighted by molar-refractivity contribution is 7.80. The van der Waals surface area contributed by atoms with Crippen LogP contribution in [0.1, 0.15) is 18.4 Å². The van der Waals surface area contributed by atoms with Gasteiger partial charge in [0.05, 0.1) is 33.6 Å². The number of nitrogens with one attached hydrogen (secondary N) is 2. The summed E-state index contributed by atoms with van der Waals surface area (Å²) in [5, 5.41) is 7.66. The van der Waals surface area contributed by atoms with E-state index in [0.29, 0.717) is 28.9 Å². The zero-order chi connectivity index (χ0) is 17.4. The van der Waals surface area contributed by atoms with Crippen LogP contribution >= 0.6 is 12.2 Å². The van der Waals surface area contributed by atoms with Crippen molar-refractivity contribution in [1.29, 1.82) is 0 Å². The molecule has 1 aliphatic heterocycles. The van der Waals surface area contributed by atoms with E-state index in [-0.39, 0.29) is 6.10 Å². The summed E-state index contributed by atoms with van der Waals surface area (Å²) in [6.07, 6.45) is 4.02. The molecule has 0 bridgehead atoms. The number of benzene rings is 1. The van der Waals surface area contributed by atoms with Gasteiger partial charge in [-0.05, 0) is 37.2 Å². The van der Waals surface area contributed by atoms with Gasteiger partial charge in [0.1, 0.15) is 0 Å². The highest BCUT2D eigenvalue weighted by atomic mass is 32.1. The lowest BCUT2D eigenvalue weighted by Crippen LogP contribution is -2.37. The molecule has 0 unspecified atom stereocenters. The fourth-order valence-electron chi connectivity index (χ4n) is 2.39. The van der Waals surface area contributed by atoms with E-state index >= 15 is 0 Å². The second-order valence-electron chi connectivity index (χ2n) is 5.17. The average Bonchev–Trinajstić information content (AvgIpc) is 3.12. The second-order valence-corrected chi connectivity index (χ2v) is 5.58. The highest BCUT2D eigenvalue weighted by Gasteiger charge is 2.15. The van der Waals surface area contributed by atoms with Crippen molar-refractivity contribution in [3.63, 3.8) is 0 Å². The fraction of sp³-hybridized carbons (Fsp3) is 0.500. The van der Waals surface area contributed by atoms with Crippen LogP contribution in [0.25, 0.3) is 0 Å². The van der Waals surface area contributed by atoms with Crippen LogP contribution in [0.2, 0.25) is 0 Å². The summed E-state index contributed by atoms with van der Waals surface area (Å²) < 4.78 is 21.4. The summed E-state index contributed by atoms with van der Waals surface area (Å²) in [4.78, 5) is 0. The van der Waals surface area contributed by atoms with Crippen molar-refractivity contribution >= 4 is 23.5 Å². The lowest BCUT2D eigenvalue weighted by Gasteiger charge is -2.13. The number of methoxy groups -OCH3 is 3. The molecule has 8 heteroatoms. The third-order valence-corrected chi connectivity index (χ3v) is 3.82. The van der Waals surface area contributed by atoms with Gasteiger partial charge in [0, 0.05) is 18.7 Å². The van der Waals surface area contributed by atoms with E-state index in [1.165, 1.54) is 0 Å². The van der Waals surface area contributed by atoms with Crippen LogP contribution in [-0.2, 0) is 4.74 Å². The van der Waals surface area contributed by atoms with Crippen LogP contribution < -0.4 is 25.0 Å². The molecular formula is C16H23N3O4S.